The van der Waals surface area contributed by atoms with Gasteiger partial charge in [-0.2, -0.15) is 4.72 Å². The van der Waals surface area contributed by atoms with Crippen LogP contribution in [-0.2, 0) is 14.8 Å². The van der Waals surface area contributed by atoms with Crippen LogP contribution in [-0.4, -0.2) is 38.5 Å². The average Bonchev–Trinajstić information content (AvgIpc) is 2.39. The number of carbonyl (C=O) groups excluding carboxylic acids is 1. The Balaban J connectivity index is 3.31. The van der Waals surface area contributed by atoms with Gasteiger partial charge in [0.1, 0.15) is 0 Å². The molecule has 0 aliphatic rings. The Kier molecular flexibility index (Phi) is 5.48. The van der Waals surface area contributed by atoms with Gasteiger partial charge in [-0.25, -0.2) is 13.2 Å². The molecule has 1 unspecified atom stereocenters. The van der Waals surface area contributed by atoms with Crippen molar-refractivity contribution >= 4 is 37.8 Å². The Labute approximate surface area is 130 Å². The van der Waals surface area contributed by atoms with Gasteiger partial charge in [-0.3, -0.25) is 4.79 Å². The molecule has 0 radical (unpaired) electrons. The number of hydrogen-bond acceptors (Lipinski definition) is 4. The summed E-state index contributed by atoms with van der Waals surface area (Å²) in [6, 6.07) is 1.41. The summed E-state index contributed by atoms with van der Waals surface area (Å²) < 4.78 is 27.0. The summed E-state index contributed by atoms with van der Waals surface area (Å²) in [6.07, 6.45) is 0. The summed E-state index contributed by atoms with van der Waals surface area (Å²) >= 11 is 3.13. The van der Waals surface area contributed by atoms with Crippen LogP contribution in [0.1, 0.15) is 22.8 Å². The van der Waals surface area contributed by atoms with Gasteiger partial charge in [0.25, 0.3) is 0 Å². The fourth-order valence-corrected chi connectivity index (χ4v) is 3.87. The second-order valence-electron chi connectivity index (χ2n) is 4.37. The molecule has 9 heteroatoms. The molecule has 0 saturated carbocycles. The third-order valence-electron chi connectivity index (χ3n) is 2.73. The quantitative estimate of drug-likeness (QED) is 0.703. The lowest BCUT2D eigenvalue weighted by atomic mass is 10.1. The van der Waals surface area contributed by atoms with Gasteiger partial charge in [0, 0.05) is 11.5 Å². The van der Waals surface area contributed by atoms with E-state index in [4.69, 9.17) is 5.11 Å². The number of carboxylic acids is 1. The van der Waals surface area contributed by atoms with Crippen LogP contribution in [0.4, 0.5) is 0 Å². The Hall–Kier alpha value is -1.45. The lowest BCUT2D eigenvalue weighted by Crippen LogP contribution is -2.43. The number of carboxylic acid groups (broad SMARTS) is 1. The third-order valence-corrected chi connectivity index (χ3v) is 5.61. The first-order valence-electron chi connectivity index (χ1n) is 5.87. The molecule has 0 aliphatic carbocycles. The zero-order valence-corrected chi connectivity index (χ0v) is 14.0. The van der Waals surface area contributed by atoms with Gasteiger partial charge in [0.05, 0.1) is 16.5 Å². The van der Waals surface area contributed by atoms with Gasteiger partial charge < -0.3 is 10.4 Å². The number of aromatic carboxylic acids is 1. The minimum absolute atomic E-state index is 0.149. The number of aryl methyl sites for hydroxylation is 1. The van der Waals surface area contributed by atoms with E-state index in [1.807, 2.05) is 0 Å². The topological polar surface area (TPSA) is 113 Å². The summed E-state index contributed by atoms with van der Waals surface area (Å²) in [5.74, 6) is -1.73. The number of hydrogen-bond donors (Lipinski definition) is 3. The monoisotopic (exact) mass is 378 g/mol. The Bertz CT molecular complexity index is 687. The van der Waals surface area contributed by atoms with Crippen LogP contribution in [0.5, 0.6) is 0 Å². The number of nitrogens with one attached hydrogen (secondary N) is 2. The van der Waals surface area contributed by atoms with Crippen LogP contribution in [0.3, 0.4) is 0 Å². The van der Waals surface area contributed by atoms with E-state index in [2.05, 4.69) is 26.0 Å². The van der Waals surface area contributed by atoms with E-state index in [1.54, 1.807) is 6.92 Å². The second-order valence-corrected chi connectivity index (χ2v) is 6.84. The van der Waals surface area contributed by atoms with Crippen molar-refractivity contribution in [2.75, 3.05) is 7.05 Å². The van der Waals surface area contributed by atoms with E-state index >= 15 is 0 Å². The van der Waals surface area contributed by atoms with E-state index in [1.165, 1.54) is 20.0 Å². The molecule has 0 spiro atoms. The maximum absolute atomic E-state index is 12.3. The van der Waals surface area contributed by atoms with Crippen molar-refractivity contribution in [3.63, 3.8) is 0 Å². The maximum atomic E-state index is 12.3. The van der Waals surface area contributed by atoms with Crippen LogP contribution >= 0.6 is 15.9 Å². The molecule has 1 amide bonds. The molecule has 0 aliphatic heterocycles. The highest BCUT2D eigenvalue weighted by Gasteiger charge is 2.25. The first kappa shape index (κ1) is 17.6. The van der Waals surface area contributed by atoms with Crippen molar-refractivity contribution in [1.29, 1.82) is 0 Å². The smallest absolute Gasteiger partial charge is 0.335 e. The van der Waals surface area contributed by atoms with Crippen LogP contribution in [0.2, 0.25) is 0 Å². The van der Waals surface area contributed by atoms with Gasteiger partial charge in [-0.15, -0.1) is 0 Å². The van der Waals surface area contributed by atoms with Gasteiger partial charge in [-0.1, -0.05) is 0 Å². The van der Waals surface area contributed by atoms with Crippen molar-refractivity contribution in [1.82, 2.24) is 10.0 Å². The van der Waals surface area contributed by atoms with Gasteiger partial charge in [0.15, 0.2) is 0 Å². The SMILES string of the molecule is CNC(=O)C(C)NS(=O)(=O)c1cc(C(=O)O)cc(C)c1Br. The fourth-order valence-electron chi connectivity index (χ4n) is 1.62. The van der Waals surface area contributed by atoms with E-state index < -0.39 is 27.9 Å². The third kappa shape index (κ3) is 4.02. The van der Waals surface area contributed by atoms with Crippen molar-refractivity contribution < 1.29 is 23.1 Å². The van der Waals surface area contributed by atoms with Crippen molar-refractivity contribution in [3.8, 4) is 0 Å². The number of rotatable bonds is 5. The number of benzene rings is 1. The molecule has 7 nitrogen and oxygen atoms in total. The van der Waals surface area contributed by atoms with Gasteiger partial charge in [0.2, 0.25) is 15.9 Å². The van der Waals surface area contributed by atoms with Crippen LogP contribution in [0.15, 0.2) is 21.5 Å². The minimum atomic E-state index is -4.04. The standard InChI is InChI=1S/C12H15BrN2O5S/c1-6-4-8(12(17)18)5-9(10(6)13)21(19,20)15-7(2)11(16)14-3/h4-5,7,15H,1-3H3,(H,14,16)(H,17,18). The summed E-state index contributed by atoms with van der Waals surface area (Å²) in [4.78, 5) is 22.2. The molecule has 1 aromatic carbocycles. The Morgan fingerprint density at radius 2 is 1.90 bits per heavy atom. The van der Waals surface area contributed by atoms with Gasteiger partial charge in [-0.05, 0) is 47.5 Å². The predicted octanol–water partition coefficient (Wildman–Crippen LogP) is 0.869. The molecule has 0 aromatic heterocycles. The molecule has 0 fully saturated rings. The molecule has 0 bridgehead atoms. The first-order valence-corrected chi connectivity index (χ1v) is 8.15. The largest absolute Gasteiger partial charge is 0.478 e. The highest BCUT2D eigenvalue weighted by molar-refractivity contribution is 9.10. The normalized spacial score (nSPS) is 12.8. The molecule has 1 atom stereocenters. The number of likely N-dealkylation sites (N-methyl/N-ethyl adjacent to an activating group) is 1. The highest BCUT2D eigenvalue weighted by Crippen LogP contribution is 2.27. The number of sulfonamides is 1. The van der Waals surface area contributed by atoms with E-state index in [0.29, 0.717) is 5.56 Å². The molecular weight excluding hydrogens is 364 g/mol. The Morgan fingerprint density at radius 3 is 2.38 bits per heavy atom. The summed E-state index contributed by atoms with van der Waals surface area (Å²) in [5, 5.41) is 11.3. The minimum Gasteiger partial charge on any atom is -0.478 e. The molecular formula is C12H15BrN2O5S. The Morgan fingerprint density at radius 1 is 1.33 bits per heavy atom. The predicted molar refractivity (Wildman–Crippen MR) is 79.7 cm³/mol. The van der Waals surface area contributed by atoms with Crippen molar-refractivity contribution in [3.05, 3.63) is 27.7 Å². The molecule has 116 valence electrons. The summed E-state index contributed by atoms with van der Waals surface area (Å²) in [5.41, 5.74) is 0.312. The van der Waals surface area contributed by atoms with Crippen LogP contribution < -0.4 is 10.0 Å². The summed E-state index contributed by atoms with van der Waals surface area (Å²) in [6.45, 7) is 2.97. The van der Waals surface area contributed by atoms with E-state index in [-0.39, 0.29) is 14.9 Å². The maximum Gasteiger partial charge on any atom is 0.335 e. The lowest BCUT2D eigenvalue weighted by molar-refractivity contribution is -0.121. The zero-order chi connectivity index (χ0) is 16.4. The molecule has 0 heterocycles. The van der Waals surface area contributed by atoms with Gasteiger partial charge >= 0.3 is 5.97 Å². The number of halogens is 1. The molecule has 21 heavy (non-hydrogen) atoms. The first-order chi connectivity index (χ1) is 9.60. The average molecular weight is 379 g/mol. The number of carbonyl (C=O) groups is 2. The van der Waals surface area contributed by atoms with Crippen molar-refractivity contribution in [2.45, 2.75) is 24.8 Å². The lowest BCUT2D eigenvalue weighted by Gasteiger charge is -2.15. The van der Waals surface area contributed by atoms with Crippen LogP contribution in [0, 0.1) is 6.92 Å². The molecule has 1 rings (SSSR count). The van der Waals surface area contributed by atoms with Crippen LogP contribution in [0.25, 0.3) is 0 Å². The zero-order valence-electron chi connectivity index (χ0n) is 11.6. The van der Waals surface area contributed by atoms with E-state index in [0.717, 1.165) is 6.07 Å². The summed E-state index contributed by atoms with van der Waals surface area (Å²) in [7, 11) is -2.66. The molecule has 0 saturated heterocycles. The van der Waals surface area contributed by atoms with E-state index in [9.17, 15) is 18.0 Å². The highest BCUT2D eigenvalue weighted by atomic mass is 79.9. The second kappa shape index (κ2) is 6.54. The fraction of sp³-hybridized carbons (Fsp3) is 0.333. The molecule has 3 N–H and O–H groups in total. The van der Waals surface area contributed by atoms with Crippen molar-refractivity contribution in [2.24, 2.45) is 0 Å². The number of amides is 1. The molecule has 1 aromatic rings.